The summed E-state index contributed by atoms with van der Waals surface area (Å²) < 4.78 is 0. The lowest BCUT2D eigenvalue weighted by molar-refractivity contribution is 1.63. The summed E-state index contributed by atoms with van der Waals surface area (Å²) in [6.45, 7) is 0. The highest BCUT2D eigenvalue weighted by molar-refractivity contribution is 6.30. The zero-order valence-electron chi connectivity index (χ0n) is 29.6. The first kappa shape index (κ1) is 30.6. The molecule has 0 heteroatoms. The van der Waals surface area contributed by atoms with E-state index in [1.807, 2.05) is 0 Å². The van der Waals surface area contributed by atoms with Crippen LogP contribution >= 0.6 is 0 Å². The maximum Gasteiger partial charge on any atom is -0.00139 e. The van der Waals surface area contributed by atoms with Gasteiger partial charge in [-0.05, 0) is 121 Å². The molecule has 250 valence electrons. The summed E-state index contributed by atoms with van der Waals surface area (Å²) >= 11 is 0. The summed E-state index contributed by atoms with van der Waals surface area (Å²) in [5, 5.41) is 15.1. The summed E-state index contributed by atoms with van der Waals surface area (Å²) in [5.41, 5.74) is 10.1. The SMILES string of the molecule is c1ccc2cc(-c3ccc(-c4c5ccccc5c(-c5c6ccccc6c(-c6ccc7ccccc7c6)c6ccccc56)c5ccccc45)cc3)ccc2c1. The molecule has 11 rings (SSSR count). The molecule has 0 N–H and O–H groups in total. The Balaban J connectivity index is 1.17. The monoisotopic (exact) mass is 682 g/mol. The molecule has 0 bridgehead atoms. The fourth-order valence-corrected chi connectivity index (χ4v) is 8.96. The van der Waals surface area contributed by atoms with Gasteiger partial charge in [-0.25, -0.2) is 0 Å². The van der Waals surface area contributed by atoms with Gasteiger partial charge in [0.05, 0.1) is 0 Å². The summed E-state index contributed by atoms with van der Waals surface area (Å²) in [6, 6.07) is 76.1. The van der Waals surface area contributed by atoms with Crippen LogP contribution in [0.25, 0.3) is 109 Å². The third-order valence-corrected chi connectivity index (χ3v) is 11.4. The molecular weight excluding hydrogens is 649 g/mol. The minimum atomic E-state index is 1.22. The van der Waals surface area contributed by atoms with Crippen molar-refractivity contribution in [2.24, 2.45) is 0 Å². The Labute approximate surface area is 314 Å². The third kappa shape index (κ3) is 4.78. The highest BCUT2D eigenvalue weighted by Gasteiger charge is 2.22. The summed E-state index contributed by atoms with van der Waals surface area (Å²) in [4.78, 5) is 0. The molecule has 0 radical (unpaired) electrons. The predicted octanol–water partition coefficient (Wildman–Crippen LogP) is 15.3. The van der Waals surface area contributed by atoms with Crippen molar-refractivity contribution in [3.05, 3.63) is 206 Å². The average molecular weight is 683 g/mol. The molecule has 0 fully saturated rings. The van der Waals surface area contributed by atoms with Gasteiger partial charge in [-0.15, -0.1) is 0 Å². The summed E-state index contributed by atoms with van der Waals surface area (Å²) in [7, 11) is 0. The first-order chi connectivity index (χ1) is 26.8. The zero-order chi connectivity index (χ0) is 35.6. The van der Waals surface area contributed by atoms with Gasteiger partial charge in [0.2, 0.25) is 0 Å². The Morgan fingerprint density at radius 3 is 0.870 bits per heavy atom. The lowest BCUT2D eigenvalue weighted by Gasteiger charge is -2.22. The van der Waals surface area contributed by atoms with E-state index in [0.717, 1.165) is 0 Å². The van der Waals surface area contributed by atoms with Crippen LogP contribution < -0.4 is 0 Å². The van der Waals surface area contributed by atoms with E-state index >= 15 is 0 Å². The molecule has 0 aliphatic heterocycles. The molecule has 0 atom stereocenters. The Kier molecular flexibility index (Phi) is 6.97. The molecule has 0 aliphatic carbocycles. The second-order valence-corrected chi connectivity index (χ2v) is 14.4. The topological polar surface area (TPSA) is 0 Å². The fraction of sp³-hybridized carbons (Fsp3) is 0. The molecule has 0 saturated heterocycles. The average Bonchev–Trinajstić information content (AvgIpc) is 3.24. The Bertz CT molecular complexity index is 3140. The normalized spacial score (nSPS) is 11.7. The van der Waals surface area contributed by atoms with Crippen molar-refractivity contribution >= 4 is 64.6 Å². The van der Waals surface area contributed by atoms with Crippen molar-refractivity contribution in [1.29, 1.82) is 0 Å². The molecule has 11 aromatic rings. The smallest absolute Gasteiger partial charge is 0.00139 e. The quantitative estimate of drug-likeness (QED) is 0.162. The molecule has 0 unspecified atom stereocenters. The molecule has 0 saturated carbocycles. The highest BCUT2D eigenvalue weighted by atomic mass is 14.2. The number of benzene rings is 11. The van der Waals surface area contributed by atoms with Crippen LogP contribution in [0.4, 0.5) is 0 Å². The van der Waals surface area contributed by atoms with E-state index in [2.05, 4.69) is 206 Å². The first-order valence-corrected chi connectivity index (χ1v) is 18.8. The van der Waals surface area contributed by atoms with Gasteiger partial charge in [0.25, 0.3) is 0 Å². The van der Waals surface area contributed by atoms with Crippen LogP contribution in [-0.4, -0.2) is 0 Å². The molecule has 0 aromatic heterocycles. The minimum absolute atomic E-state index is 1.22. The number of hydrogen-bond donors (Lipinski definition) is 0. The van der Waals surface area contributed by atoms with Gasteiger partial charge in [0, 0.05) is 0 Å². The highest BCUT2D eigenvalue weighted by Crippen LogP contribution is 2.50. The Morgan fingerprint density at radius 2 is 0.444 bits per heavy atom. The second-order valence-electron chi connectivity index (χ2n) is 14.4. The van der Waals surface area contributed by atoms with E-state index in [1.54, 1.807) is 0 Å². The largest absolute Gasteiger partial charge is 0.0616 e. The fourth-order valence-electron chi connectivity index (χ4n) is 8.96. The second kappa shape index (κ2) is 12.3. The van der Waals surface area contributed by atoms with Gasteiger partial charge in [-0.2, -0.15) is 0 Å². The van der Waals surface area contributed by atoms with Crippen LogP contribution in [0.2, 0.25) is 0 Å². The van der Waals surface area contributed by atoms with Crippen molar-refractivity contribution in [2.45, 2.75) is 0 Å². The van der Waals surface area contributed by atoms with Gasteiger partial charge in [-0.3, -0.25) is 0 Å². The number of rotatable bonds is 4. The Morgan fingerprint density at radius 1 is 0.167 bits per heavy atom. The zero-order valence-corrected chi connectivity index (χ0v) is 29.6. The van der Waals surface area contributed by atoms with Crippen LogP contribution in [0.15, 0.2) is 206 Å². The van der Waals surface area contributed by atoms with E-state index in [0.29, 0.717) is 0 Å². The van der Waals surface area contributed by atoms with E-state index in [4.69, 9.17) is 0 Å². The van der Waals surface area contributed by atoms with E-state index in [-0.39, 0.29) is 0 Å². The molecule has 0 aliphatic rings. The Hall–Kier alpha value is -7.02. The van der Waals surface area contributed by atoms with Crippen molar-refractivity contribution in [2.75, 3.05) is 0 Å². The van der Waals surface area contributed by atoms with Gasteiger partial charge in [0.1, 0.15) is 0 Å². The predicted molar refractivity (Wildman–Crippen MR) is 233 cm³/mol. The number of hydrogen-bond acceptors (Lipinski definition) is 0. The minimum Gasteiger partial charge on any atom is -0.0616 e. The standard InChI is InChI=1S/C54H34/c1-3-15-39-33-41(31-27-35(39)13-1)37-25-29-38(30-26-37)51-43-17-5-9-21-47(43)53(48-22-10-6-18-44(48)51)54-49-23-11-7-19-45(49)52(46-20-8-12-24-50(46)54)42-32-28-36-14-2-4-16-40(36)34-42/h1-34H. The summed E-state index contributed by atoms with van der Waals surface area (Å²) in [6.07, 6.45) is 0. The lowest BCUT2D eigenvalue weighted by atomic mass is 9.81. The van der Waals surface area contributed by atoms with Crippen molar-refractivity contribution < 1.29 is 0 Å². The number of fused-ring (bicyclic) bond motifs is 6. The summed E-state index contributed by atoms with van der Waals surface area (Å²) in [5.74, 6) is 0. The van der Waals surface area contributed by atoms with Crippen molar-refractivity contribution in [3.8, 4) is 44.5 Å². The van der Waals surface area contributed by atoms with Crippen LogP contribution in [0.5, 0.6) is 0 Å². The molecule has 0 nitrogen and oxygen atoms in total. The molecule has 54 heavy (non-hydrogen) atoms. The van der Waals surface area contributed by atoms with Crippen LogP contribution in [0.3, 0.4) is 0 Å². The van der Waals surface area contributed by atoms with E-state index in [1.165, 1.54) is 109 Å². The molecule has 0 heterocycles. The molecule has 0 spiro atoms. The van der Waals surface area contributed by atoms with E-state index < -0.39 is 0 Å². The van der Waals surface area contributed by atoms with Gasteiger partial charge < -0.3 is 0 Å². The molecule has 11 aromatic carbocycles. The van der Waals surface area contributed by atoms with Crippen molar-refractivity contribution in [1.82, 2.24) is 0 Å². The maximum atomic E-state index is 2.36. The first-order valence-electron chi connectivity index (χ1n) is 18.8. The van der Waals surface area contributed by atoms with Gasteiger partial charge >= 0.3 is 0 Å². The maximum absolute atomic E-state index is 2.36. The van der Waals surface area contributed by atoms with Gasteiger partial charge in [-0.1, -0.05) is 194 Å². The van der Waals surface area contributed by atoms with Crippen LogP contribution in [0.1, 0.15) is 0 Å². The molecule has 0 amide bonds. The van der Waals surface area contributed by atoms with Crippen molar-refractivity contribution in [3.63, 3.8) is 0 Å². The van der Waals surface area contributed by atoms with Crippen LogP contribution in [0, 0.1) is 0 Å². The van der Waals surface area contributed by atoms with E-state index in [9.17, 15) is 0 Å². The van der Waals surface area contributed by atoms with Crippen LogP contribution in [-0.2, 0) is 0 Å². The molecular formula is C54H34. The lowest BCUT2D eigenvalue weighted by Crippen LogP contribution is -1.94. The van der Waals surface area contributed by atoms with Gasteiger partial charge in [0.15, 0.2) is 0 Å². The third-order valence-electron chi connectivity index (χ3n) is 11.4.